The van der Waals surface area contributed by atoms with E-state index in [-0.39, 0.29) is 19.5 Å². The molecule has 0 unspecified atom stereocenters. The second-order valence-corrected chi connectivity index (χ2v) is 20.1. The maximum atomic E-state index is 9.87. The van der Waals surface area contributed by atoms with E-state index in [4.69, 9.17) is 4.65 Å². The van der Waals surface area contributed by atoms with E-state index in [1.165, 1.54) is 31.8 Å². The molecule has 0 atom stereocenters. The molecule has 0 aliphatic heterocycles. The van der Waals surface area contributed by atoms with Crippen LogP contribution in [0.3, 0.4) is 0 Å². The molecule has 1 heterocycles. The normalized spacial score (nSPS) is 11.6. The molecule has 0 fully saturated rings. The van der Waals surface area contributed by atoms with E-state index in [1.54, 1.807) is 18.0 Å². The number of halogens is 6. The maximum Gasteiger partial charge on any atom is -0.0134 e. The van der Waals surface area contributed by atoms with Gasteiger partial charge in [-0.05, 0) is 66.1 Å². The zero-order chi connectivity index (χ0) is 45.6. The summed E-state index contributed by atoms with van der Waals surface area (Å²) in [5.74, 6) is 0.607. The van der Waals surface area contributed by atoms with Gasteiger partial charge in [0.25, 0.3) is 0 Å². The topological polar surface area (TPSA) is 62.4 Å². The van der Waals surface area contributed by atoms with Crippen molar-refractivity contribution in [2.45, 2.75) is 4.90 Å². The molecule has 8 rings (SSSR count). The van der Waals surface area contributed by atoms with E-state index >= 15 is 0 Å². The number of imidazole rings is 1. The monoisotopic (exact) mass is 1030 g/mol. The Bertz CT molecular complexity index is 2270. The molecule has 1 aromatic heterocycles. The summed E-state index contributed by atoms with van der Waals surface area (Å²) in [6.45, 7) is 4.50. The maximum absolute atomic E-state index is 10.7. The molecule has 0 amide bonds. The summed E-state index contributed by atoms with van der Waals surface area (Å²) in [6, 6.07) is 72.6. The molecule has 0 N–H and O–H groups in total. The van der Waals surface area contributed by atoms with Gasteiger partial charge >= 0.3 is 63.8 Å². The zero-order valence-electron chi connectivity index (χ0n) is 34.4. The van der Waals surface area contributed by atoms with Crippen LogP contribution in [0.2, 0.25) is 0 Å². The van der Waals surface area contributed by atoms with Crippen LogP contribution in [-0.2, 0) is 31.2 Å². The number of nitrogens with zero attached hydrogens (tertiary/aromatic N) is 4. The minimum atomic E-state index is -10.7. The Labute approximate surface area is 389 Å². The third-order valence-corrected chi connectivity index (χ3v) is 13.9. The Morgan fingerprint density at radius 3 is 1.00 bits per heavy atom. The fourth-order valence-electron chi connectivity index (χ4n) is 5.62. The van der Waals surface area contributed by atoms with Crippen molar-refractivity contribution in [2.24, 2.45) is 17.3 Å². The predicted octanol–water partition coefficient (Wildman–Crippen LogP) is 13.5. The van der Waals surface area contributed by atoms with Crippen molar-refractivity contribution in [3.8, 4) is 0 Å². The molecule has 0 spiro atoms. The zero-order valence-corrected chi connectivity index (χ0v) is 39.7. The molecule has 0 saturated carbocycles. The first kappa shape index (κ1) is 53.3. The molecule has 8 aromatic rings. The summed E-state index contributed by atoms with van der Waals surface area (Å²) in [6.07, 6.45) is 5.57. The molecule has 5 nitrogen and oxygen atoms in total. The number of rotatable bonds is 9. The van der Waals surface area contributed by atoms with Crippen molar-refractivity contribution in [1.82, 2.24) is 9.55 Å². The molecule has 64 heavy (non-hydrogen) atoms. The van der Waals surface area contributed by atoms with Crippen molar-refractivity contribution in [2.75, 3.05) is 6.26 Å². The molecule has 0 saturated heterocycles. The molecule has 1 radical (unpaired) electrons. The Balaban J connectivity index is 0.000000232. The van der Waals surface area contributed by atoms with E-state index in [9.17, 15) is 25.2 Å². The van der Waals surface area contributed by atoms with Gasteiger partial charge in [0, 0.05) is 24.3 Å². The van der Waals surface area contributed by atoms with E-state index in [0.717, 1.165) is 10.6 Å². The molecule has 0 aliphatic carbocycles. The van der Waals surface area contributed by atoms with Gasteiger partial charge in [0.05, 0.1) is 5.69 Å². The van der Waals surface area contributed by atoms with Crippen LogP contribution < -0.4 is 31.8 Å². The molecular formula is C48H43F6N4OP3RuS. The van der Waals surface area contributed by atoms with Gasteiger partial charge in [-0.3, -0.25) is 0 Å². The van der Waals surface area contributed by atoms with E-state index < -0.39 is 23.7 Å². The predicted molar refractivity (Wildman–Crippen MR) is 255 cm³/mol. The van der Waals surface area contributed by atoms with Crippen LogP contribution in [0, 0.1) is 6.65 Å². The molecule has 0 aliphatic rings. The van der Waals surface area contributed by atoms with Crippen molar-refractivity contribution in [3.63, 3.8) is 0 Å². The molecular weight excluding hydrogens is 989 g/mol. The number of aryl methyl sites for hydroxylation is 1. The van der Waals surface area contributed by atoms with Crippen molar-refractivity contribution in [1.29, 1.82) is 0 Å². The number of hydrogen-bond acceptors (Lipinski definition) is 4. The average Bonchev–Trinajstić information content (AvgIpc) is 3.72. The molecule has 332 valence electrons. The second-order valence-electron chi connectivity index (χ2n) is 12.9. The number of benzene rings is 7. The Hall–Kier alpha value is -5.07. The van der Waals surface area contributed by atoms with Crippen LogP contribution in [0.1, 0.15) is 0 Å². The summed E-state index contributed by atoms with van der Waals surface area (Å²) in [7, 11) is -9.66. The standard InChI is InChI=1S/2C18H15P.C11H12N4S.CO.F6P.Ru.H/c2*1-4-10-16(11-5-1)19(17-12-6-2-7-13-17)18-14-8-3-9-15-18;1-15-8-7-12-11(15)14-13-9-5-3-4-6-10(9)16-2;1-2;1-7(2,3,4,5)6;;/h2*1-15H;3-8H,1-2H3;;;;/q;;;;-1;+1;. The van der Waals surface area contributed by atoms with Gasteiger partial charge in [0.2, 0.25) is 5.95 Å². The van der Waals surface area contributed by atoms with Gasteiger partial charge in [-0.25, -0.2) is 4.98 Å². The van der Waals surface area contributed by atoms with E-state index in [1.807, 2.05) is 48.3 Å². The third-order valence-electron chi connectivity index (χ3n) is 8.21. The Kier molecular flexibility index (Phi) is 21.2. The smallest absolute Gasteiger partial charge is 0.0134 e. The van der Waals surface area contributed by atoms with E-state index in [2.05, 4.69) is 204 Å². The average molecular weight is 1030 g/mol. The molecule has 7 aromatic carbocycles. The second kappa shape index (κ2) is 25.4. The van der Waals surface area contributed by atoms with Crippen LogP contribution in [0.5, 0.6) is 0 Å². The number of hydrogen-bond donors (Lipinski definition) is 0. The summed E-state index contributed by atoms with van der Waals surface area (Å²) in [5.41, 5.74) is 0.873. The van der Waals surface area contributed by atoms with Crippen LogP contribution in [0.4, 0.5) is 36.8 Å². The fourth-order valence-corrected chi connectivity index (χ4v) is 10.8. The van der Waals surface area contributed by atoms with Gasteiger partial charge in [0.15, 0.2) is 0 Å². The Morgan fingerprint density at radius 2 is 0.750 bits per heavy atom. The summed E-state index contributed by atoms with van der Waals surface area (Å²) in [4.78, 5) is 5.19. The first-order valence-electron chi connectivity index (χ1n) is 18.9. The van der Waals surface area contributed by atoms with Crippen LogP contribution in [0.15, 0.2) is 234 Å². The van der Waals surface area contributed by atoms with Gasteiger partial charge in [-0.1, -0.05) is 194 Å². The quantitative estimate of drug-likeness (QED) is 0.0275. The first-order valence-corrected chi connectivity index (χ1v) is 24.8. The van der Waals surface area contributed by atoms with Crippen molar-refractivity contribution in [3.05, 3.63) is 225 Å². The van der Waals surface area contributed by atoms with Crippen LogP contribution >= 0.6 is 35.4 Å². The van der Waals surface area contributed by atoms with Crippen LogP contribution in [-0.4, -0.2) is 15.8 Å². The molecule has 0 bridgehead atoms. The number of thioether (sulfide) groups is 1. The SMILES string of the molecule is CSc1ccccc1N=Nc1nccn1C.F[P-](F)(F)(F)(F)F.[C-]#[O+].[RuH+].c1ccc(P(c2ccccc2)c2ccccc2)cc1.c1ccc(P(c2ccccc2)c2ccccc2)cc1. The van der Waals surface area contributed by atoms with Gasteiger partial charge < -0.3 is 4.57 Å². The summed E-state index contributed by atoms with van der Waals surface area (Å²) in [5, 5.41) is 16.7. The van der Waals surface area contributed by atoms with E-state index in [0.29, 0.717) is 5.95 Å². The summed E-state index contributed by atoms with van der Waals surface area (Å²) >= 11 is 1.66. The minimum absolute atomic E-state index is 0. The summed E-state index contributed by atoms with van der Waals surface area (Å²) < 4.78 is 68.5. The van der Waals surface area contributed by atoms with Crippen molar-refractivity contribution >= 4 is 78.9 Å². The molecule has 16 heteroatoms. The van der Waals surface area contributed by atoms with Gasteiger partial charge in [-0.2, -0.15) is 0 Å². The number of azo groups is 1. The fraction of sp³-hybridized carbons (Fsp3) is 0.0417. The van der Waals surface area contributed by atoms with Crippen molar-refractivity contribution < 1.29 is 49.3 Å². The van der Waals surface area contributed by atoms with Gasteiger partial charge in [0.1, 0.15) is 0 Å². The number of aromatic nitrogens is 2. The van der Waals surface area contributed by atoms with Crippen LogP contribution in [0.25, 0.3) is 0 Å². The third kappa shape index (κ3) is 19.8. The first-order chi connectivity index (χ1) is 30.2. The minimum Gasteiger partial charge on any atom is -0.0622 e. The van der Waals surface area contributed by atoms with Gasteiger partial charge in [-0.15, -0.1) is 22.0 Å². The Morgan fingerprint density at radius 1 is 0.484 bits per heavy atom. The largest absolute Gasteiger partial charge is 0.0622 e.